The highest BCUT2D eigenvalue weighted by Gasteiger charge is 2.22. The molecule has 156 valence electrons. The quantitative estimate of drug-likeness (QED) is 0.217. The Balaban J connectivity index is 1.38. The average molecular weight is 431 g/mol. The Morgan fingerprint density at radius 2 is 1.00 bits per heavy atom. The molecular weight excluding hydrogens is 412 g/mol. The molecule has 3 aliphatic rings. The summed E-state index contributed by atoms with van der Waals surface area (Å²) in [6.07, 6.45) is 6.19. The minimum Gasteiger partial charge on any atom is -0.256 e. The van der Waals surface area contributed by atoms with Crippen LogP contribution in [0.1, 0.15) is 22.3 Å². The summed E-state index contributed by atoms with van der Waals surface area (Å²) in [4.78, 5) is 9.30. The van der Waals surface area contributed by atoms with Crippen LogP contribution in [-0.2, 0) is 12.8 Å². The average Bonchev–Trinajstić information content (AvgIpc) is 3.48. The number of fused-ring (bicyclic) bond motifs is 7. The van der Waals surface area contributed by atoms with Gasteiger partial charge in [0.05, 0.1) is 11.4 Å². The van der Waals surface area contributed by atoms with Gasteiger partial charge in [-0.15, -0.1) is 0 Å². The van der Waals surface area contributed by atoms with E-state index in [1.807, 2.05) is 12.4 Å². The van der Waals surface area contributed by atoms with E-state index in [9.17, 15) is 0 Å². The van der Waals surface area contributed by atoms with Gasteiger partial charge in [-0.3, -0.25) is 9.98 Å². The molecular formula is C32H18N2. The van der Waals surface area contributed by atoms with Crippen LogP contribution in [0.15, 0.2) is 82.8 Å². The van der Waals surface area contributed by atoms with Gasteiger partial charge in [0, 0.05) is 34.3 Å². The number of aryl methyl sites for hydroxylation is 2. The molecule has 0 unspecified atom stereocenters. The number of aliphatic imine (C=N–C) groups is 2. The summed E-state index contributed by atoms with van der Waals surface area (Å²) in [6, 6.07) is 27.4. The van der Waals surface area contributed by atoms with Crippen LogP contribution in [0.2, 0.25) is 0 Å². The lowest BCUT2D eigenvalue weighted by atomic mass is 9.81. The summed E-state index contributed by atoms with van der Waals surface area (Å²) < 4.78 is 0. The van der Waals surface area contributed by atoms with E-state index in [1.54, 1.807) is 0 Å². The zero-order chi connectivity index (χ0) is 22.0. The first-order valence-corrected chi connectivity index (χ1v) is 12.0. The Kier molecular flexibility index (Phi) is 2.93. The van der Waals surface area contributed by atoms with Gasteiger partial charge < -0.3 is 0 Å². The maximum absolute atomic E-state index is 4.65. The van der Waals surface area contributed by atoms with Gasteiger partial charge in [-0.2, -0.15) is 0 Å². The second-order valence-electron chi connectivity index (χ2n) is 9.81. The van der Waals surface area contributed by atoms with Crippen LogP contribution in [0.3, 0.4) is 0 Å². The van der Waals surface area contributed by atoms with Crippen molar-refractivity contribution in [3.05, 3.63) is 95.1 Å². The molecule has 0 N–H and O–H groups in total. The smallest absolute Gasteiger partial charge is 0.0715 e. The summed E-state index contributed by atoms with van der Waals surface area (Å²) in [5.41, 5.74) is 10.3. The van der Waals surface area contributed by atoms with E-state index in [0.717, 1.165) is 24.2 Å². The number of nitrogens with zero attached hydrogens (tertiary/aromatic N) is 2. The van der Waals surface area contributed by atoms with Gasteiger partial charge in [-0.05, 0) is 104 Å². The van der Waals surface area contributed by atoms with Crippen LogP contribution in [0, 0.1) is 0 Å². The van der Waals surface area contributed by atoms with Crippen molar-refractivity contribution in [2.24, 2.45) is 9.98 Å². The predicted octanol–water partition coefficient (Wildman–Crippen LogP) is 8.19. The first kappa shape index (κ1) is 17.2. The van der Waals surface area contributed by atoms with Crippen molar-refractivity contribution in [1.29, 1.82) is 0 Å². The molecule has 2 aliphatic heterocycles. The zero-order valence-electron chi connectivity index (χ0n) is 18.4. The second kappa shape index (κ2) is 5.78. The molecule has 0 aromatic heterocycles. The normalized spacial score (nSPS) is 14.6. The van der Waals surface area contributed by atoms with Gasteiger partial charge in [0.2, 0.25) is 0 Å². The standard InChI is InChI=1S/C32H18N2/c1-3-23-27-13-25-17(9-19(27)11-21-15-33-29(5-1)31(21)23)7-8-18-10-20-12-22-16-34-30-6-2-4-24(32(22)30)28(20)14-26(18)25/h1-6,9-16H,7-8H2. The van der Waals surface area contributed by atoms with Gasteiger partial charge in [0.25, 0.3) is 0 Å². The molecule has 0 spiro atoms. The molecule has 0 saturated carbocycles. The molecule has 0 atom stereocenters. The SMILES string of the molecule is C1=Nc2cccc3c2c1cc1cc2c(cc13)-c1cc3c(cc1CC2)cc1c2c(cccc23)N=C1. The first-order valence-electron chi connectivity index (χ1n) is 12.0. The molecule has 1 aliphatic carbocycles. The van der Waals surface area contributed by atoms with Crippen LogP contribution in [0.25, 0.3) is 54.2 Å². The highest BCUT2D eigenvalue weighted by Crippen LogP contribution is 2.45. The Bertz CT molecular complexity index is 1860. The van der Waals surface area contributed by atoms with Crippen molar-refractivity contribution >= 4 is 66.9 Å². The molecule has 0 saturated heterocycles. The van der Waals surface area contributed by atoms with Crippen molar-refractivity contribution in [3.63, 3.8) is 0 Å². The molecule has 6 aromatic rings. The van der Waals surface area contributed by atoms with E-state index in [4.69, 9.17) is 0 Å². The predicted molar refractivity (Wildman–Crippen MR) is 144 cm³/mol. The molecule has 0 bridgehead atoms. The van der Waals surface area contributed by atoms with Gasteiger partial charge >= 0.3 is 0 Å². The van der Waals surface area contributed by atoms with Crippen molar-refractivity contribution < 1.29 is 0 Å². The molecule has 2 nitrogen and oxygen atoms in total. The lowest BCUT2D eigenvalue weighted by Gasteiger charge is -2.23. The summed E-state index contributed by atoms with van der Waals surface area (Å²) in [6.45, 7) is 0. The summed E-state index contributed by atoms with van der Waals surface area (Å²) in [5.74, 6) is 0. The fourth-order valence-corrected chi connectivity index (χ4v) is 6.53. The molecule has 34 heavy (non-hydrogen) atoms. The minimum atomic E-state index is 1.08. The van der Waals surface area contributed by atoms with Crippen LogP contribution in [0.4, 0.5) is 11.4 Å². The largest absolute Gasteiger partial charge is 0.256 e. The Morgan fingerprint density at radius 3 is 1.50 bits per heavy atom. The van der Waals surface area contributed by atoms with Crippen LogP contribution in [-0.4, -0.2) is 12.4 Å². The number of rotatable bonds is 0. The lowest BCUT2D eigenvalue weighted by Crippen LogP contribution is -2.04. The Morgan fingerprint density at radius 1 is 0.500 bits per heavy atom. The Labute approximate surface area is 195 Å². The molecule has 2 heterocycles. The van der Waals surface area contributed by atoms with Crippen molar-refractivity contribution in [2.75, 3.05) is 0 Å². The second-order valence-corrected chi connectivity index (χ2v) is 9.81. The van der Waals surface area contributed by atoms with Crippen LogP contribution < -0.4 is 0 Å². The monoisotopic (exact) mass is 430 g/mol. The molecule has 2 heteroatoms. The van der Waals surface area contributed by atoms with Crippen molar-refractivity contribution in [1.82, 2.24) is 0 Å². The van der Waals surface area contributed by atoms with Gasteiger partial charge in [-0.1, -0.05) is 36.4 Å². The molecule has 0 radical (unpaired) electrons. The molecule has 9 rings (SSSR count). The van der Waals surface area contributed by atoms with E-state index >= 15 is 0 Å². The van der Waals surface area contributed by atoms with E-state index in [0.29, 0.717) is 0 Å². The van der Waals surface area contributed by atoms with Gasteiger partial charge in [-0.25, -0.2) is 0 Å². The highest BCUT2D eigenvalue weighted by molar-refractivity contribution is 6.23. The Hall–Kier alpha value is -4.30. The van der Waals surface area contributed by atoms with E-state index in [2.05, 4.69) is 82.8 Å². The van der Waals surface area contributed by atoms with Gasteiger partial charge in [0.1, 0.15) is 0 Å². The van der Waals surface area contributed by atoms with Crippen LogP contribution >= 0.6 is 0 Å². The fourth-order valence-electron chi connectivity index (χ4n) is 6.53. The maximum Gasteiger partial charge on any atom is 0.0715 e. The third kappa shape index (κ3) is 2.03. The van der Waals surface area contributed by atoms with Crippen LogP contribution in [0.5, 0.6) is 0 Å². The summed E-state index contributed by atoms with van der Waals surface area (Å²) in [7, 11) is 0. The topological polar surface area (TPSA) is 24.7 Å². The lowest BCUT2D eigenvalue weighted by molar-refractivity contribution is 0.947. The van der Waals surface area contributed by atoms with E-state index in [-0.39, 0.29) is 0 Å². The van der Waals surface area contributed by atoms with E-state index < -0.39 is 0 Å². The molecule has 0 amide bonds. The maximum atomic E-state index is 4.65. The number of benzene rings is 6. The number of hydrogen-bond donors (Lipinski definition) is 0. The van der Waals surface area contributed by atoms with Gasteiger partial charge in [0.15, 0.2) is 0 Å². The van der Waals surface area contributed by atoms with Crippen molar-refractivity contribution in [3.8, 4) is 11.1 Å². The van der Waals surface area contributed by atoms with E-state index in [1.165, 1.54) is 76.5 Å². The third-order valence-corrected chi connectivity index (χ3v) is 8.05. The molecule has 0 fully saturated rings. The summed E-state index contributed by atoms with van der Waals surface area (Å²) >= 11 is 0. The zero-order valence-corrected chi connectivity index (χ0v) is 18.4. The first-order chi connectivity index (χ1) is 16.8. The number of hydrogen-bond acceptors (Lipinski definition) is 2. The highest BCUT2D eigenvalue weighted by atomic mass is 14.7. The summed E-state index contributed by atoms with van der Waals surface area (Å²) in [5, 5.41) is 10.5. The minimum absolute atomic E-state index is 1.08. The molecule has 6 aromatic carbocycles. The third-order valence-electron chi connectivity index (χ3n) is 8.05. The van der Waals surface area contributed by atoms with Crippen molar-refractivity contribution in [2.45, 2.75) is 12.8 Å². The fraction of sp³-hybridized carbons (Fsp3) is 0.0625.